The molecule has 1 saturated carbocycles. The number of hydrogen-bond donors (Lipinski definition) is 2. The number of nitrogens with zero attached hydrogens (tertiary/aromatic N) is 1. The summed E-state index contributed by atoms with van der Waals surface area (Å²) < 4.78 is 58.7. The van der Waals surface area contributed by atoms with Crippen molar-refractivity contribution in [3.8, 4) is 0 Å². The minimum atomic E-state index is -4.81. The molecule has 1 aromatic rings. The lowest BCUT2D eigenvalue weighted by Crippen LogP contribution is -2.55. The Morgan fingerprint density at radius 3 is 2.34 bits per heavy atom. The molecule has 0 spiro atoms. The number of carbonyl (C=O) groups is 4. The largest absolute Gasteiger partial charge is 0.394 e. The van der Waals surface area contributed by atoms with E-state index in [1.807, 2.05) is 5.32 Å². The third-order valence-electron chi connectivity index (χ3n) is 6.68. The lowest BCUT2D eigenvalue weighted by molar-refractivity contribution is -0.206. The summed E-state index contributed by atoms with van der Waals surface area (Å²) in [7, 11) is 0. The maximum absolute atomic E-state index is 15.4. The van der Waals surface area contributed by atoms with E-state index < -0.39 is 70.7 Å². The van der Waals surface area contributed by atoms with Crippen molar-refractivity contribution < 1.29 is 36.7 Å². The zero-order chi connectivity index (χ0) is 23.4. The van der Waals surface area contributed by atoms with Crippen molar-refractivity contribution in [1.29, 1.82) is 0 Å². The van der Waals surface area contributed by atoms with Gasteiger partial charge in [0.25, 0.3) is 11.8 Å². The van der Waals surface area contributed by atoms with E-state index in [1.54, 1.807) is 0 Å². The molecule has 7 nitrogen and oxygen atoms in total. The Labute approximate surface area is 180 Å². The van der Waals surface area contributed by atoms with Gasteiger partial charge in [-0.05, 0) is 37.3 Å². The summed E-state index contributed by atoms with van der Waals surface area (Å²) in [5, 5.41) is 2.04. The van der Waals surface area contributed by atoms with Crippen LogP contribution in [0.1, 0.15) is 70.8 Å². The number of halogens is 4. The van der Waals surface area contributed by atoms with Crippen LogP contribution in [0.15, 0.2) is 12.1 Å². The highest BCUT2D eigenvalue weighted by molar-refractivity contribution is 6.06. The molecule has 11 heteroatoms. The van der Waals surface area contributed by atoms with Gasteiger partial charge in [-0.3, -0.25) is 24.5 Å². The number of amides is 4. The number of rotatable bonds is 4. The van der Waals surface area contributed by atoms with E-state index in [0.29, 0.717) is 12.8 Å². The minimum Gasteiger partial charge on any atom is -0.366 e. The average molecular weight is 455 g/mol. The van der Waals surface area contributed by atoms with Crippen molar-refractivity contribution in [1.82, 2.24) is 10.2 Å². The Kier molecular flexibility index (Phi) is 5.46. The number of hydrogen-bond acceptors (Lipinski definition) is 4. The summed E-state index contributed by atoms with van der Waals surface area (Å²) in [6, 6.07) is -1.19. The van der Waals surface area contributed by atoms with Gasteiger partial charge >= 0.3 is 6.18 Å². The number of primary amides is 1. The topological polar surface area (TPSA) is 110 Å². The molecule has 0 aromatic heterocycles. The highest BCUT2D eigenvalue weighted by Crippen LogP contribution is 2.53. The van der Waals surface area contributed by atoms with E-state index in [0.717, 1.165) is 17.0 Å². The van der Waals surface area contributed by atoms with Crippen LogP contribution in [0.3, 0.4) is 0 Å². The summed E-state index contributed by atoms with van der Waals surface area (Å²) >= 11 is 0. The second-order valence-electron chi connectivity index (χ2n) is 8.49. The van der Waals surface area contributed by atoms with Crippen molar-refractivity contribution in [2.24, 2.45) is 17.6 Å². The SMILES string of the molecule is NC(=O)c1ccc2c(c1F)C([C@@H](C1CCCC1)C(F)(F)F)N(C1CCC(=O)NC1=O)C2=O. The predicted octanol–water partition coefficient (Wildman–Crippen LogP) is 2.60. The third kappa shape index (κ3) is 3.53. The van der Waals surface area contributed by atoms with E-state index in [-0.39, 0.29) is 31.2 Å². The highest BCUT2D eigenvalue weighted by Gasteiger charge is 2.58. The molecule has 172 valence electrons. The lowest BCUT2D eigenvalue weighted by atomic mass is 9.79. The Morgan fingerprint density at radius 1 is 1.12 bits per heavy atom. The fourth-order valence-electron chi connectivity index (χ4n) is 5.32. The predicted molar refractivity (Wildman–Crippen MR) is 102 cm³/mol. The molecule has 0 bridgehead atoms. The Bertz CT molecular complexity index is 1000. The third-order valence-corrected chi connectivity index (χ3v) is 6.68. The number of nitrogens with two attached hydrogens (primary N) is 1. The van der Waals surface area contributed by atoms with Crippen LogP contribution in [-0.2, 0) is 9.59 Å². The Balaban J connectivity index is 1.92. The first-order chi connectivity index (χ1) is 15.0. The van der Waals surface area contributed by atoms with Gasteiger partial charge in [-0.2, -0.15) is 13.2 Å². The second kappa shape index (κ2) is 7.86. The normalized spacial score (nSPS) is 25.1. The van der Waals surface area contributed by atoms with Gasteiger partial charge in [-0.15, -0.1) is 0 Å². The van der Waals surface area contributed by atoms with Crippen LogP contribution in [0.5, 0.6) is 0 Å². The van der Waals surface area contributed by atoms with Gasteiger partial charge in [0.15, 0.2) is 0 Å². The number of alkyl halides is 3. The Morgan fingerprint density at radius 2 is 1.78 bits per heavy atom. The molecule has 2 aliphatic heterocycles. The number of fused-ring (bicyclic) bond motifs is 1. The monoisotopic (exact) mass is 455 g/mol. The zero-order valence-electron chi connectivity index (χ0n) is 16.9. The van der Waals surface area contributed by atoms with Gasteiger partial charge in [0, 0.05) is 17.5 Å². The minimum absolute atomic E-state index is 0.168. The number of imide groups is 1. The van der Waals surface area contributed by atoms with Crippen molar-refractivity contribution in [3.05, 3.63) is 34.6 Å². The summed E-state index contributed by atoms with van der Waals surface area (Å²) in [6.45, 7) is 0. The molecule has 4 amide bonds. The first-order valence-corrected chi connectivity index (χ1v) is 10.4. The summed E-state index contributed by atoms with van der Waals surface area (Å²) in [6.07, 6.45) is -3.55. The van der Waals surface area contributed by atoms with Gasteiger partial charge in [-0.25, -0.2) is 4.39 Å². The van der Waals surface area contributed by atoms with E-state index in [2.05, 4.69) is 0 Å². The lowest BCUT2D eigenvalue weighted by Gasteiger charge is -2.40. The van der Waals surface area contributed by atoms with Crippen LogP contribution in [0.4, 0.5) is 17.6 Å². The number of benzene rings is 1. The number of piperidine rings is 1. The van der Waals surface area contributed by atoms with Crippen molar-refractivity contribution in [2.75, 3.05) is 0 Å². The van der Waals surface area contributed by atoms with Gasteiger partial charge in [0.2, 0.25) is 11.8 Å². The average Bonchev–Trinajstić information content (AvgIpc) is 3.30. The second-order valence-corrected chi connectivity index (χ2v) is 8.49. The Hall–Kier alpha value is -2.98. The molecular formula is C21H21F4N3O4. The van der Waals surface area contributed by atoms with E-state index in [9.17, 15) is 32.3 Å². The van der Waals surface area contributed by atoms with E-state index in [1.165, 1.54) is 0 Å². The summed E-state index contributed by atoms with van der Waals surface area (Å²) in [4.78, 5) is 49.7. The van der Waals surface area contributed by atoms with Crippen LogP contribution >= 0.6 is 0 Å². The summed E-state index contributed by atoms with van der Waals surface area (Å²) in [5.74, 6) is -7.94. The van der Waals surface area contributed by atoms with Crippen LogP contribution in [0.2, 0.25) is 0 Å². The smallest absolute Gasteiger partial charge is 0.366 e. The van der Waals surface area contributed by atoms with Gasteiger partial charge in [-0.1, -0.05) is 12.8 Å². The number of nitrogens with one attached hydrogen (secondary N) is 1. The molecule has 4 rings (SSSR count). The molecule has 2 unspecified atom stereocenters. The maximum atomic E-state index is 15.4. The van der Waals surface area contributed by atoms with Crippen LogP contribution in [-0.4, -0.2) is 40.7 Å². The molecule has 3 atom stereocenters. The molecule has 0 radical (unpaired) electrons. The van der Waals surface area contributed by atoms with Crippen LogP contribution < -0.4 is 11.1 Å². The molecule has 32 heavy (non-hydrogen) atoms. The molecular weight excluding hydrogens is 434 g/mol. The van der Waals surface area contributed by atoms with Crippen LogP contribution in [0.25, 0.3) is 0 Å². The first kappa shape index (κ1) is 22.2. The number of carbonyl (C=O) groups excluding carboxylic acids is 4. The zero-order valence-corrected chi connectivity index (χ0v) is 16.9. The van der Waals surface area contributed by atoms with Crippen molar-refractivity contribution in [2.45, 2.75) is 56.8 Å². The first-order valence-electron chi connectivity index (χ1n) is 10.4. The molecule has 1 saturated heterocycles. The molecule has 2 fully saturated rings. The molecule has 1 aliphatic carbocycles. The quantitative estimate of drug-likeness (QED) is 0.537. The molecule has 3 N–H and O–H groups in total. The molecule has 2 heterocycles. The highest BCUT2D eigenvalue weighted by atomic mass is 19.4. The van der Waals surface area contributed by atoms with E-state index >= 15 is 4.39 Å². The van der Waals surface area contributed by atoms with Gasteiger partial charge < -0.3 is 10.6 Å². The summed E-state index contributed by atoms with van der Waals surface area (Å²) in [5.41, 5.74) is 3.66. The fraction of sp³-hybridized carbons (Fsp3) is 0.524. The van der Waals surface area contributed by atoms with Crippen molar-refractivity contribution in [3.63, 3.8) is 0 Å². The van der Waals surface area contributed by atoms with Crippen molar-refractivity contribution >= 4 is 23.6 Å². The van der Waals surface area contributed by atoms with Crippen LogP contribution in [0, 0.1) is 17.7 Å². The molecule has 3 aliphatic rings. The van der Waals surface area contributed by atoms with Gasteiger partial charge in [0.05, 0.1) is 17.5 Å². The standard InChI is InChI=1S/C21H21F4N3O4/c22-16-11(18(26)30)6-5-10-14(16)17(15(21(23,24)25)9-3-1-2-4-9)28(20(10)32)12-7-8-13(29)27-19(12)31/h5-6,9,12,15,17H,1-4,7-8H2,(H2,26,30)(H,27,29,31)/t12?,15-,17?/m1/s1. The molecule has 1 aromatic carbocycles. The van der Waals surface area contributed by atoms with E-state index in [4.69, 9.17) is 5.73 Å². The fourth-order valence-corrected chi connectivity index (χ4v) is 5.32. The maximum Gasteiger partial charge on any atom is 0.394 e. The van der Waals surface area contributed by atoms with Gasteiger partial charge in [0.1, 0.15) is 11.9 Å².